The molecule has 1 aromatic heterocycles. The molecule has 1 aromatic carbocycles. The number of nitrogens with zero attached hydrogens (tertiary/aromatic N) is 2. The number of aromatic amines is 1. The van der Waals surface area contributed by atoms with Gasteiger partial charge in [0.1, 0.15) is 5.82 Å². The van der Waals surface area contributed by atoms with E-state index < -0.39 is 11.9 Å². The highest BCUT2D eigenvalue weighted by Crippen LogP contribution is 2.19. The minimum absolute atomic E-state index is 0.253. The van der Waals surface area contributed by atoms with Crippen molar-refractivity contribution in [3.8, 4) is 0 Å². The zero-order valence-corrected chi connectivity index (χ0v) is 12.2. The maximum absolute atomic E-state index is 12.2. The second-order valence-electron chi connectivity index (χ2n) is 5.58. The van der Waals surface area contributed by atoms with Crippen LogP contribution in [0.2, 0.25) is 0 Å². The molecular formula is C15H18N4O3. The number of carboxylic acids is 1. The van der Waals surface area contributed by atoms with Crippen LogP contribution < -0.4 is 5.32 Å². The van der Waals surface area contributed by atoms with Gasteiger partial charge >= 0.3 is 12.0 Å². The molecule has 7 nitrogen and oxygen atoms in total. The van der Waals surface area contributed by atoms with E-state index in [-0.39, 0.29) is 18.6 Å². The fraction of sp³-hybridized carbons (Fsp3) is 0.400. The lowest BCUT2D eigenvalue weighted by Crippen LogP contribution is -2.40. The number of aliphatic carboxylic acids is 1. The molecule has 2 atom stereocenters. The SMILES string of the molecule is CC(NC(=O)N1CCC(C(=O)O)C1)c1nc2ccccc2[nH]1. The summed E-state index contributed by atoms with van der Waals surface area (Å²) in [4.78, 5) is 32.3. The summed E-state index contributed by atoms with van der Waals surface area (Å²) >= 11 is 0. The molecule has 0 spiro atoms. The van der Waals surface area contributed by atoms with Gasteiger partial charge < -0.3 is 20.3 Å². The molecule has 2 aromatic rings. The fourth-order valence-corrected chi connectivity index (χ4v) is 2.67. The number of para-hydroxylation sites is 2. The van der Waals surface area contributed by atoms with Gasteiger partial charge in [0.2, 0.25) is 0 Å². The van der Waals surface area contributed by atoms with Crippen LogP contribution in [0.5, 0.6) is 0 Å². The number of carbonyl (C=O) groups is 2. The van der Waals surface area contributed by atoms with Crippen molar-refractivity contribution in [2.24, 2.45) is 5.92 Å². The molecule has 3 N–H and O–H groups in total. The van der Waals surface area contributed by atoms with Crippen LogP contribution in [0.25, 0.3) is 11.0 Å². The van der Waals surface area contributed by atoms with E-state index in [1.165, 1.54) is 4.90 Å². The molecule has 0 aliphatic carbocycles. The molecule has 1 saturated heterocycles. The third kappa shape index (κ3) is 2.74. The Kier molecular flexibility index (Phi) is 3.70. The number of urea groups is 1. The van der Waals surface area contributed by atoms with Crippen LogP contribution in [0.15, 0.2) is 24.3 Å². The number of hydrogen-bond donors (Lipinski definition) is 3. The highest BCUT2D eigenvalue weighted by atomic mass is 16.4. The number of nitrogens with one attached hydrogen (secondary N) is 2. The second kappa shape index (κ2) is 5.67. The number of benzene rings is 1. The van der Waals surface area contributed by atoms with E-state index in [0.717, 1.165) is 11.0 Å². The Morgan fingerprint density at radius 2 is 2.23 bits per heavy atom. The smallest absolute Gasteiger partial charge is 0.318 e. The summed E-state index contributed by atoms with van der Waals surface area (Å²) in [5, 5.41) is 11.8. The van der Waals surface area contributed by atoms with Gasteiger partial charge in [-0.05, 0) is 25.5 Å². The molecule has 0 bridgehead atoms. The molecule has 0 saturated carbocycles. The molecule has 1 aliphatic rings. The van der Waals surface area contributed by atoms with Crippen molar-refractivity contribution in [3.63, 3.8) is 0 Å². The Balaban J connectivity index is 1.65. The Labute approximate surface area is 127 Å². The number of rotatable bonds is 3. The van der Waals surface area contributed by atoms with Gasteiger partial charge in [-0.15, -0.1) is 0 Å². The van der Waals surface area contributed by atoms with E-state index in [0.29, 0.717) is 18.8 Å². The van der Waals surface area contributed by atoms with Crippen molar-refractivity contribution in [2.45, 2.75) is 19.4 Å². The molecule has 2 unspecified atom stereocenters. The highest BCUT2D eigenvalue weighted by Gasteiger charge is 2.31. The zero-order chi connectivity index (χ0) is 15.7. The number of H-pyrrole nitrogens is 1. The van der Waals surface area contributed by atoms with Crippen LogP contribution in [-0.4, -0.2) is 45.1 Å². The monoisotopic (exact) mass is 302 g/mol. The molecular weight excluding hydrogens is 284 g/mol. The summed E-state index contributed by atoms with van der Waals surface area (Å²) in [5.41, 5.74) is 1.77. The third-order valence-corrected chi connectivity index (χ3v) is 3.98. The van der Waals surface area contributed by atoms with Crippen LogP contribution in [0, 0.1) is 5.92 Å². The van der Waals surface area contributed by atoms with Crippen molar-refractivity contribution in [1.82, 2.24) is 20.2 Å². The van der Waals surface area contributed by atoms with E-state index >= 15 is 0 Å². The first-order valence-electron chi connectivity index (χ1n) is 7.27. The van der Waals surface area contributed by atoms with Gasteiger partial charge in [-0.1, -0.05) is 12.1 Å². The molecule has 1 aliphatic heterocycles. The van der Waals surface area contributed by atoms with E-state index in [2.05, 4.69) is 15.3 Å². The van der Waals surface area contributed by atoms with Crippen LogP contribution in [-0.2, 0) is 4.79 Å². The minimum Gasteiger partial charge on any atom is -0.481 e. The largest absolute Gasteiger partial charge is 0.481 e. The average molecular weight is 302 g/mol. The van der Waals surface area contributed by atoms with E-state index in [1.54, 1.807) is 0 Å². The number of carbonyl (C=O) groups excluding carboxylic acids is 1. The summed E-state index contributed by atoms with van der Waals surface area (Å²) in [7, 11) is 0. The van der Waals surface area contributed by atoms with E-state index in [9.17, 15) is 9.59 Å². The molecule has 22 heavy (non-hydrogen) atoms. The summed E-state index contributed by atoms with van der Waals surface area (Å²) in [6.45, 7) is 2.57. The lowest BCUT2D eigenvalue weighted by Gasteiger charge is -2.19. The van der Waals surface area contributed by atoms with Crippen LogP contribution >= 0.6 is 0 Å². The summed E-state index contributed by atoms with van der Waals surface area (Å²) in [6, 6.07) is 7.14. The van der Waals surface area contributed by atoms with Crippen molar-refractivity contribution in [2.75, 3.05) is 13.1 Å². The second-order valence-corrected chi connectivity index (χ2v) is 5.58. The lowest BCUT2D eigenvalue weighted by molar-refractivity contribution is -0.141. The highest BCUT2D eigenvalue weighted by molar-refractivity contribution is 5.78. The molecule has 116 valence electrons. The van der Waals surface area contributed by atoms with Gasteiger partial charge in [-0.3, -0.25) is 4.79 Å². The molecule has 0 radical (unpaired) electrons. The number of aromatic nitrogens is 2. The Morgan fingerprint density at radius 1 is 1.45 bits per heavy atom. The topological polar surface area (TPSA) is 98.3 Å². The number of carboxylic acid groups (broad SMARTS) is 1. The van der Waals surface area contributed by atoms with Gasteiger partial charge in [0, 0.05) is 13.1 Å². The number of hydrogen-bond acceptors (Lipinski definition) is 3. The van der Waals surface area contributed by atoms with Crippen LogP contribution in [0.3, 0.4) is 0 Å². The van der Waals surface area contributed by atoms with Crippen LogP contribution in [0.1, 0.15) is 25.2 Å². The summed E-state index contributed by atoms with van der Waals surface area (Å²) in [6.07, 6.45) is 0.502. The fourth-order valence-electron chi connectivity index (χ4n) is 2.67. The maximum Gasteiger partial charge on any atom is 0.318 e. The lowest BCUT2D eigenvalue weighted by atomic mass is 10.1. The number of imidazole rings is 1. The first-order valence-corrected chi connectivity index (χ1v) is 7.27. The van der Waals surface area contributed by atoms with Crippen molar-refractivity contribution in [1.29, 1.82) is 0 Å². The first kappa shape index (κ1) is 14.4. The van der Waals surface area contributed by atoms with Crippen LogP contribution in [0.4, 0.5) is 4.79 Å². The predicted molar refractivity (Wildman–Crippen MR) is 80.4 cm³/mol. The maximum atomic E-state index is 12.2. The quantitative estimate of drug-likeness (QED) is 0.804. The predicted octanol–water partition coefficient (Wildman–Crippen LogP) is 1.74. The Bertz CT molecular complexity index is 679. The molecule has 2 amide bonds. The van der Waals surface area contributed by atoms with Crippen molar-refractivity contribution < 1.29 is 14.7 Å². The molecule has 1 fully saturated rings. The number of amides is 2. The summed E-state index contributed by atoms with van der Waals surface area (Å²) < 4.78 is 0. The Hall–Kier alpha value is -2.57. The van der Waals surface area contributed by atoms with Gasteiger partial charge in [0.15, 0.2) is 0 Å². The van der Waals surface area contributed by atoms with E-state index in [1.807, 2.05) is 31.2 Å². The Morgan fingerprint density at radius 3 is 2.91 bits per heavy atom. The van der Waals surface area contributed by atoms with Crippen molar-refractivity contribution >= 4 is 23.0 Å². The van der Waals surface area contributed by atoms with Gasteiger partial charge in [0.25, 0.3) is 0 Å². The van der Waals surface area contributed by atoms with E-state index in [4.69, 9.17) is 5.11 Å². The average Bonchev–Trinajstić information content (AvgIpc) is 3.14. The molecule has 7 heteroatoms. The van der Waals surface area contributed by atoms with Crippen molar-refractivity contribution in [3.05, 3.63) is 30.1 Å². The van der Waals surface area contributed by atoms with Gasteiger partial charge in [0.05, 0.1) is 23.0 Å². The molecule has 3 rings (SSSR count). The normalized spacial score (nSPS) is 19.3. The number of likely N-dealkylation sites (tertiary alicyclic amines) is 1. The third-order valence-electron chi connectivity index (χ3n) is 3.98. The first-order chi connectivity index (χ1) is 10.5. The van der Waals surface area contributed by atoms with Gasteiger partial charge in [-0.2, -0.15) is 0 Å². The van der Waals surface area contributed by atoms with Gasteiger partial charge in [-0.25, -0.2) is 9.78 Å². The number of fused-ring (bicyclic) bond motifs is 1. The summed E-state index contributed by atoms with van der Waals surface area (Å²) in [5.74, 6) is -0.628. The minimum atomic E-state index is -0.847. The zero-order valence-electron chi connectivity index (χ0n) is 12.2. The standard InChI is InChI=1S/C15H18N4O3/c1-9(13-17-11-4-2-3-5-12(11)18-13)16-15(22)19-7-6-10(8-19)14(20)21/h2-5,9-10H,6-8H2,1H3,(H,16,22)(H,17,18)(H,20,21). The molecule has 2 heterocycles.